The van der Waals surface area contributed by atoms with Gasteiger partial charge in [-0.25, -0.2) is 9.18 Å². The average molecular weight is 399 g/mol. The standard InChI is InChI=1S/C21H22FN3O4/c22-17-8-6-15(7-9-17)19-14-24(10-11-28-19)12-18(26)13-25-20(23-29-21(25)27)16-4-2-1-3-5-16/h1-9,18-19,26H,10-14H2/t18-,19+/m1/s1. The van der Waals surface area contributed by atoms with Gasteiger partial charge >= 0.3 is 5.76 Å². The van der Waals surface area contributed by atoms with Gasteiger partial charge in [-0.2, -0.15) is 0 Å². The third kappa shape index (κ3) is 4.61. The van der Waals surface area contributed by atoms with Gasteiger partial charge in [0.15, 0.2) is 5.82 Å². The van der Waals surface area contributed by atoms with E-state index in [-0.39, 0.29) is 18.5 Å². The third-order valence-corrected chi connectivity index (χ3v) is 4.97. The van der Waals surface area contributed by atoms with Crippen molar-refractivity contribution in [1.29, 1.82) is 0 Å². The number of halogens is 1. The highest BCUT2D eigenvalue weighted by Crippen LogP contribution is 2.23. The molecule has 29 heavy (non-hydrogen) atoms. The molecule has 2 atom stereocenters. The summed E-state index contributed by atoms with van der Waals surface area (Å²) in [6, 6.07) is 15.5. The number of rotatable bonds is 6. The lowest BCUT2D eigenvalue weighted by molar-refractivity contribution is -0.0435. The molecule has 0 bridgehead atoms. The van der Waals surface area contributed by atoms with Gasteiger partial charge in [-0.1, -0.05) is 47.6 Å². The number of nitrogens with zero attached hydrogens (tertiary/aromatic N) is 3. The second kappa shape index (κ2) is 8.69. The van der Waals surface area contributed by atoms with E-state index in [1.54, 1.807) is 12.1 Å². The SMILES string of the molecule is O=c1onc(-c2ccccc2)n1C[C@H](O)CN1CCO[C@H](c2ccc(F)cc2)C1. The van der Waals surface area contributed by atoms with Crippen LogP contribution in [0.25, 0.3) is 11.4 Å². The van der Waals surface area contributed by atoms with Gasteiger partial charge in [-0.15, -0.1) is 0 Å². The molecular weight excluding hydrogens is 377 g/mol. The maximum atomic E-state index is 13.1. The van der Waals surface area contributed by atoms with Crippen molar-refractivity contribution in [2.75, 3.05) is 26.2 Å². The lowest BCUT2D eigenvalue weighted by atomic mass is 10.1. The largest absolute Gasteiger partial charge is 0.441 e. The van der Waals surface area contributed by atoms with Crippen LogP contribution >= 0.6 is 0 Å². The Hall–Kier alpha value is -2.81. The van der Waals surface area contributed by atoms with Gasteiger partial charge in [-0.05, 0) is 17.7 Å². The molecule has 7 nitrogen and oxygen atoms in total. The van der Waals surface area contributed by atoms with Crippen LogP contribution in [-0.2, 0) is 11.3 Å². The minimum absolute atomic E-state index is 0.0745. The molecule has 0 unspecified atom stereocenters. The zero-order valence-electron chi connectivity index (χ0n) is 15.8. The van der Waals surface area contributed by atoms with Crippen LogP contribution in [0.15, 0.2) is 63.9 Å². The fourth-order valence-corrected chi connectivity index (χ4v) is 3.54. The van der Waals surface area contributed by atoms with Crippen molar-refractivity contribution in [1.82, 2.24) is 14.6 Å². The molecule has 4 rings (SSSR count). The van der Waals surface area contributed by atoms with Gasteiger partial charge < -0.3 is 9.84 Å². The normalized spacial score (nSPS) is 18.6. The van der Waals surface area contributed by atoms with Crippen LogP contribution in [0.1, 0.15) is 11.7 Å². The molecule has 0 amide bonds. The van der Waals surface area contributed by atoms with Crippen molar-refractivity contribution in [2.24, 2.45) is 0 Å². The topological polar surface area (TPSA) is 80.7 Å². The van der Waals surface area contributed by atoms with Crippen molar-refractivity contribution < 1.29 is 18.8 Å². The molecule has 2 aromatic carbocycles. The molecule has 0 radical (unpaired) electrons. The van der Waals surface area contributed by atoms with Crippen LogP contribution in [0.2, 0.25) is 0 Å². The number of aliphatic hydroxyl groups excluding tert-OH is 1. The number of benzene rings is 2. The first kappa shape index (κ1) is 19.5. The minimum Gasteiger partial charge on any atom is -0.390 e. The maximum Gasteiger partial charge on any atom is 0.441 e. The molecule has 0 aliphatic carbocycles. The van der Waals surface area contributed by atoms with Gasteiger partial charge in [0.1, 0.15) is 5.82 Å². The van der Waals surface area contributed by atoms with E-state index in [4.69, 9.17) is 9.26 Å². The highest BCUT2D eigenvalue weighted by molar-refractivity contribution is 5.54. The molecule has 1 saturated heterocycles. The fraction of sp³-hybridized carbons (Fsp3) is 0.333. The summed E-state index contributed by atoms with van der Waals surface area (Å²) < 4.78 is 25.1. The van der Waals surface area contributed by atoms with Crippen LogP contribution in [0, 0.1) is 5.82 Å². The highest BCUT2D eigenvalue weighted by Gasteiger charge is 2.25. The van der Waals surface area contributed by atoms with E-state index in [0.29, 0.717) is 32.1 Å². The van der Waals surface area contributed by atoms with Gasteiger partial charge in [0, 0.05) is 25.2 Å². The molecule has 1 aliphatic heterocycles. The van der Waals surface area contributed by atoms with Crippen LogP contribution in [0.5, 0.6) is 0 Å². The van der Waals surface area contributed by atoms with E-state index in [0.717, 1.165) is 11.1 Å². The Balaban J connectivity index is 1.41. The summed E-state index contributed by atoms with van der Waals surface area (Å²) in [6.07, 6.45) is -0.976. The molecule has 3 aromatic rings. The van der Waals surface area contributed by atoms with Gasteiger partial charge in [0.25, 0.3) is 0 Å². The Labute approximate surface area is 166 Å². The van der Waals surface area contributed by atoms with Crippen molar-refractivity contribution in [3.63, 3.8) is 0 Å². The summed E-state index contributed by atoms with van der Waals surface area (Å²) in [5, 5.41) is 14.4. The second-order valence-electron chi connectivity index (χ2n) is 7.07. The van der Waals surface area contributed by atoms with E-state index in [1.807, 2.05) is 30.3 Å². The second-order valence-corrected chi connectivity index (χ2v) is 7.07. The Kier molecular flexibility index (Phi) is 5.84. The highest BCUT2D eigenvalue weighted by atomic mass is 19.1. The summed E-state index contributed by atoms with van der Waals surface area (Å²) in [5.74, 6) is -0.500. The average Bonchev–Trinajstić information content (AvgIpc) is 3.09. The van der Waals surface area contributed by atoms with E-state index >= 15 is 0 Å². The molecule has 0 saturated carbocycles. The summed E-state index contributed by atoms with van der Waals surface area (Å²) in [6.45, 7) is 2.20. The third-order valence-electron chi connectivity index (χ3n) is 4.97. The van der Waals surface area contributed by atoms with E-state index in [9.17, 15) is 14.3 Å². The predicted molar refractivity (Wildman–Crippen MR) is 104 cm³/mol. The fourth-order valence-electron chi connectivity index (χ4n) is 3.54. The number of β-amino-alcohol motifs (C(OH)–C–C–N with tert-alkyl or cyclic N) is 1. The summed E-state index contributed by atoms with van der Waals surface area (Å²) >= 11 is 0. The van der Waals surface area contributed by atoms with Crippen molar-refractivity contribution in [2.45, 2.75) is 18.8 Å². The van der Waals surface area contributed by atoms with E-state index < -0.39 is 11.9 Å². The monoisotopic (exact) mass is 399 g/mol. The van der Waals surface area contributed by atoms with Crippen LogP contribution < -0.4 is 5.76 Å². The quantitative estimate of drug-likeness (QED) is 0.684. The molecule has 1 aliphatic rings. The number of morpholine rings is 1. The lowest BCUT2D eigenvalue weighted by Gasteiger charge is -2.34. The summed E-state index contributed by atoms with van der Waals surface area (Å²) in [7, 11) is 0. The van der Waals surface area contributed by atoms with E-state index in [1.165, 1.54) is 16.7 Å². The smallest absolute Gasteiger partial charge is 0.390 e. The molecule has 1 fully saturated rings. The lowest BCUT2D eigenvalue weighted by Crippen LogP contribution is -2.43. The van der Waals surface area contributed by atoms with E-state index in [2.05, 4.69) is 10.1 Å². The number of hydrogen-bond acceptors (Lipinski definition) is 6. The zero-order valence-corrected chi connectivity index (χ0v) is 15.8. The molecule has 0 spiro atoms. The predicted octanol–water partition coefficient (Wildman–Crippen LogP) is 2.08. The van der Waals surface area contributed by atoms with Gasteiger partial charge in [-0.3, -0.25) is 14.0 Å². The number of aliphatic hydroxyl groups is 1. The Morgan fingerprint density at radius 3 is 2.66 bits per heavy atom. The minimum atomic E-state index is -0.790. The van der Waals surface area contributed by atoms with Crippen LogP contribution in [0.3, 0.4) is 0 Å². The Morgan fingerprint density at radius 1 is 1.14 bits per heavy atom. The maximum absolute atomic E-state index is 13.1. The Morgan fingerprint density at radius 2 is 1.90 bits per heavy atom. The van der Waals surface area contributed by atoms with Gasteiger partial charge in [0.05, 0.1) is 25.4 Å². The molecule has 152 valence electrons. The number of aromatic nitrogens is 2. The Bertz CT molecular complexity index is 987. The number of ether oxygens (including phenoxy) is 1. The first-order valence-corrected chi connectivity index (χ1v) is 9.49. The zero-order chi connectivity index (χ0) is 20.2. The number of hydrogen-bond donors (Lipinski definition) is 1. The first-order chi connectivity index (χ1) is 14.1. The van der Waals surface area contributed by atoms with Crippen molar-refractivity contribution in [3.8, 4) is 11.4 Å². The molecule has 1 N–H and O–H groups in total. The first-order valence-electron chi connectivity index (χ1n) is 9.49. The molecular formula is C21H22FN3O4. The molecule has 1 aromatic heterocycles. The summed E-state index contributed by atoms with van der Waals surface area (Å²) in [5.41, 5.74) is 1.64. The summed E-state index contributed by atoms with van der Waals surface area (Å²) in [4.78, 5) is 14.1. The van der Waals surface area contributed by atoms with Crippen molar-refractivity contribution >= 4 is 0 Å². The van der Waals surface area contributed by atoms with Crippen molar-refractivity contribution in [3.05, 3.63) is 76.5 Å². The molecule has 2 heterocycles. The van der Waals surface area contributed by atoms with Crippen LogP contribution in [0.4, 0.5) is 4.39 Å². The molecule has 8 heteroatoms. The van der Waals surface area contributed by atoms with Crippen LogP contribution in [-0.4, -0.2) is 52.1 Å². The van der Waals surface area contributed by atoms with Gasteiger partial charge in [0.2, 0.25) is 0 Å².